The molecule has 0 spiro atoms. The molecule has 20 heavy (non-hydrogen) atoms. The second-order valence-electron chi connectivity index (χ2n) is 5.66. The molecule has 0 unspecified atom stereocenters. The Balaban J connectivity index is 2.09. The summed E-state index contributed by atoms with van der Waals surface area (Å²) in [5.41, 5.74) is 6.34. The topological polar surface area (TPSA) is 55.6 Å². The zero-order chi connectivity index (χ0) is 14.8. The Morgan fingerprint density at radius 1 is 1.45 bits per heavy atom. The van der Waals surface area contributed by atoms with E-state index in [4.69, 9.17) is 10.5 Å². The Morgan fingerprint density at radius 3 is 2.65 bits per heavy atom. The number of carbonyl (C=O) groups is 1. The van der Waals surface area contributed by atoms with Gasteiger partial charge in [0.15, 0.2) is 11.6 Å². The maximum absolute atomic E-state index is 13.4. The minimum Gasteiger partial charge on any atom is -0.494 e. The van der Waals surface area contributed by atoms with E-state index in [0.717, 1.165) is 12.8 Å². The van der Waals surface area contributed by atoms with Gasteiger partial charge in [0.25, 0.3) is 5.91 Å². The van der Waals surface area contributed by atoms with Gasteiger partial charge in [-0.1, -0.05) is 6.92 Å². The minimum absolute atomic E-state index is 0.0811. The van der Waals surface area contributed by atoms with E-state index in [2.05, 4.69) is 6.92 Å². The number of rotatable bonds is 3. The zero-order valence-electron chi connectivity index (χ0n) is 12.0. The summed E-state index contributed by atoms with van der Waals surface area (Å²) >= 11 is 0. The fourth-order valence-corrected chi connectivity index (χ4v) is 2.43. The van der Waals surface area contributed by atoms with Gasteiger partial charge in [-0.15, -0.1) is 0 Å². The number of benzene rings is 1. The fourth-order valence-electron chi connectivity index (χ4n) is 2.43. The zero-order valence-corrected chi connectivity index (χ0v) is 12.0. The number of halogens is 1. The summed E-state index contributed by atoms with van der Waals surface area (Å²) in [5, 5.41) is 0. The highest BCUT2D eigenvalue weighted by molar-refractivity contribution is 5.94. The lowest BCUT2D eigenvalue weighted by molar-refractivity contribution is 0.0617. The summed E-state index contributed by atoms with van der Waals surface area (Å²) < 4.78 is 18.3. The lowest BCUT2D eigenvalue weighted by atomic mass is 9.80. The fraction of sp³-hybridized carbons (Fsp3) is 0.533. The minimum atomic E-state index is -0.460. The van der Waals surface area contributed by atoms with Gasteiger partial charge < -0.3 is 15.4 Å². The van der Waals surface area contributed by atoms with Crippen LogP contribution in [-0.4, -0.2) is 37.6 Å². The maximum Gasteiger partial charge on any atom is 0.253 e. The first kappa shape index (κ1) is 14.8. The van der Waals surface area contributed by atoms with Crippen LogP contribution >= 0.6 is 0 Å². The molecule has 0 bridgehead atoms. The van der Waals surface area contributed by atoms with Crippen LogP contribution < -0.4 is 10.5 Å². The van der Waals surface area contributed by atoms with Crippen molar-refractivity contribution in [1.82, 2.24) is 4.90 Å². The van der Waals surface area contributed by atoms with Crippen molar-refractivity contribution in [3.05, 3.63) is 29.6 Å². The number of amides is 1. The molecular formula is C15H21FN2O2. The van der Waals surface area contributed by atoms with E-state index in [1.54, 1.807) is 4.90 Å². The van der Waals surface area contributed by atoms with Gasteiger partial charge in [0.1, 0.15) is 0 Å². The van der Waals surface area contributed by atoms with Crippen LogP contribution in [0.1, 0.15) is 30.1 Å². The molecule has 0 aliphatic carbocycles. The standard InChI is InChI=1S/C15H21FN2O2/c1-15(10-17)5-7-18(8-6-15)14(19)11-3-4-12(16)13(9-11)20-2/h3-4,9H,5-8,10,17H2,1-2H3. The molecule has 2 N–H and O–H groups in total. The van der Waals surface area contributed by atoms with E-state index in [9.17, 15) is 9.18 Å². The molecule has 0 radical (unpaired) electrons. The van der Waals surface area contributed by atoms with Crippen LogP contribution in [0.3, 0.4) is 0 Å². The van der Waals surface area contributed by atoms with Crippen LogP contribution in [0.4, 0.5) is 4.39 Å². The summed E-state index contributed by atoms with van der Waals surface area (Å²) in [6, 6.07) is 4.21. The smallest absolute Gasteiger partial charge is 0.253 e. The van der Waals surface area contributed by atoms with Crippen molar-refractivity contribution in [2.45, 2.75) is 19.8 Å². The molecule has 1 amide bonds. The predicted octanol–water partition coefficient (Wildman–Crippen LogP) is 2.04. The van der Waals surface area contributed by atoms with E-state index >= 15 is 0 Å². The molecule has 1 fully saturated rings. The molecule has 4 nitrogen and oxygen atoms in total. The Morgan fingerprint density at radius 2 is 2.10 bits per heavy atom. The molecule has 1 aliphatic rings. The molecule has 110 valence electrons. The lowest BCUT2D eigenvalue weighted by Gasteiger charge is -2.38. The number of carbonyl (C=O) groups excluding carboxylic acids is 1. The SMILES string of the molecule is COc1cc(C(=O)N2CCC(C)(CN)CC2)ccc1F. The van der Waals surface area contributed by atoms with Crippen LogP contribution in [0.5, 0.6) is 5.75 Å². The van der Waals surface area contributed by atoms with Gasteiger partial charge in [0.05, 0.1) is 7.11 Å². The third-order valence-corrected chi connectivity index (χ3v) is 4.15. The molecule has 0 saturated carbocycles. The molecule has 1 aromatic rings. The monoisotopic (exact) mass is 280 g/mol. The van der Waals surface area contributed by atoms with Gasteiger partial charge >= 0.3 is 0 Å². The molecule has 1 saturated heterocycles. The largest absolute Gasteiger partial charge is 0.494 e. The molecule has 0 aromatic heterocycles. The van der Waals surface area contributed by atoms with E-state index in [1.807, 2.05) is 0 Å². The molecule has 0 atom stereocenters. The first-order valence-corrected chi connectivity index (χ1v) is 6.82. The van der Waals surface area contributed by atoms with Gasteiger partial charge in [0, 0.05) is 18.7 Å². The average molecular weight is 280 g/mol. The van der Waals surface area contributed by atoms with Crippen molar-refractivity contribution < 1.29 is 13.9 Å². The van der Waals surface area contributed by atoms with Crippen molar-refractivity contribution in [1.29, 1.82) is 0 Å². The molecule has 2 rings (SSSR count). The van der Waals surface area contributed by atoms with Gasteiger partial charge in [-0.25, -0.2) is 4.39 Å². The normalized spacial score (nSPS) is 17.9. The van der Waals surface area contributed by atoms with E-state index in [0.29, 0.717) is 25.2 Å². The van der Waals surface area contributed by atoms with Crippen molar-refractivity contribution in [2.24, 2.45) is 11.1 Å². The van der Waals surface area contributed by atoms with E-state index < -0.39 is 5.82 Å². The first-order chi connectivity index (χ1) is 9.49. The third kappa shape index (κ3) is 2.93. The van der Waals surface area contributed by atoms with Crippen molar-refractivity contribution in [3.63, 3.8) is 0 Å². The molecule has 1 heterocycles. The highest BCUT2D eigenvalue weighted by Gasteiger charge is 2.31. The number of nitrogens with two attached hydrogens (primary N) is 1. The van der Waals surface area contributed by atoms with Crippen LogP contribution in [-0.2, 0) is 0 Å². The Hall–Kier alpha value is -1.62. The highest BCUT2D eigenvalue weighted by atomic mass is 19.1. The van der Waals surface area contributed by atoms with Crippen molar-refractivity contribution >= 4 is 5.91 Å². The van der Waals surface area contributed by atoms with Gasteiger partial charge in [0.2, 0.25) is 0 Å². The van der Waals surface area contributed by atoms with Crippen LogP contribution in [0, 0.1) is 11.2 Å². The number of piperidine rings is 1. The number of likely N-dealkylation sites (tertiary alicyclic amines) is 1. The summed E-state index contributed by atoms with van der Waals surface area (Å²) in [5.74, 6) is -0.444. The predicted molar refractivity (Wildman–Crippen MR) is 75.3 cm³/mol. The summed E-state index contributed by atoms with van der Waals surface area (Å²) in [7, 11) is 1.39. The van der Waals surface area contributed by atoms with Gasteiger partial charge in [-0.05, 0) is 43.0 Å². The number of hydrogen-bond donors (Lipinski definition) is 1. The Bertz CT molecular complexity index is 497. The molecule has 1 aromatic carbocycles. The third-order valence-electron chi connectivity index (χ3n) is 4.15. The summed E-state index contributed by atoms with van der Waals surface area (Å²) in [4.78, 5) is 14.2. The molecule has 5 heteroatoms. The van der Waals surface area contributed by atoms with Crippen LogP contribution in [0.25, 0.3) is 0 Å². The summed E-state index contributed by atoms with van der Waals surface area (Å²) in [6.07, 6.45) is 1.79. The van der Waals surface area contributed by atoms with Crippen LogP contribution in [0.2, 0.25) is 0 Å². The lowest BCUT2D eigenvalue weighted by Crippen LogP contribution is -2.44. The quantitative estimate of drug-likeness (QED) is 0.921. The Labute approximate surface area is 118 Å². The average Bonchev–Trinajstić information content (AvgIpc) is 2.48. The first-order valence-electron chi connectivity index (χ1n) is 6.82. The number of methoxy groups -OCH3 is 1. The molecule has 1 aliphatic heterocycles. The van der Waals surface area contributed by atoms with Crippen molar-refractivity contribution in [3.8, 4) is 5.75 Å². The molecular weight excluding hydrogens is 259 g/mol. The van der Waals surface area contributed by atoms with E-state index in [-0.39, 0.29) is 17.1 Å². The van der Waals surface area contributed by atoms with Crippen LogP contribution in [0.15, 0.2) is 18.2 Å². The maximum atomic E-state index is 13.4. The van der Waals surface area contributed by atoms with Crippen molar-refractivity contribution in [2.75, 3.05) is 26.7 Å². The summed E-state index contributed by atoms with van der Waals surface area (Å²) in [6.45, 7) is 4.16. The number of hydrogen-bond acceptors (Lipinski definition) is 3. The second kappa shape index (κ2) is 5.79. The van der Waals surface area contributed by atoms with E-state index in [1.165, 1.54) is 25.3 Å². The van der Waals surface area contributed by atoms with Gasteiger partial charge in [-0.3, -0.25) is 4.79 Å². The Kier molecular flexibility index (Phi) is 4.28. The number of ether oxygens (including phenoxy) is 1. The highest BCUT2D eigenvalue weighted by Crippen LogP contribution is 2.30. The second-order valence-corrected chi connectivity index (χ2v) is 5.66. The van der Waals surface area contributed by atoms with Gasteiger partial charge in [-0.2, -0.15) is 0 Å². The number of nitrogens with zero attached hydrogens (tertiary/aromatic N) is 1.